The van der Waals surface area contributed by atoms with Crippen LogP contribution in [0.1, 0.15) is 27.9 Å². The van der Waals surface area contributed by atoms with Crippen molar-refractivity contribution in [2.75, 3.05) is 13.3 Å². The lowest BCUT2D eigenvalue weighted by atomic mass is 10.1. The van der Waals surface area contributed by atoms with Crippen molar-refractivity contribution in [2.24, 2.45) is 4.99 Å². The summed E-state index contributed by atoms with van der Waals surface area (Å²) >= 11 is 1.69. The first-order valence-corrected chi connectivity index (χ1v) is 10.7. The fourth-order valence-corrected chi connectivity index (χ4v) is 4.16. The average molecular weight is 381 g/mol. The zero-order valence-electron chi connectivity index (χ0n) is 15.0. The average Bonchev–Trinajstić information content (AvgIpc) is 3.02. The number of nitrogens with one attached hydrogen (secondary N) is 2. The lowest BCUT2D eigenvalue weighted by molar-refractivity contribution is 0.601. The molecule has 0 aliphatic rings. The summed E-state index contributed by atoms with van der Waals surface area (Å²) in [5.41, 5.74) is 1.75. The maximum Gasteiger partial charge on any atom is 0.191 e. The van der Waals surface area contributed by atoms with Crippen LogP contribution in [0.5, 0.6) is 0 Å². The van der Waals surface area contributed by atoms with Crippen molar-refractivity contribution in [3.8, 4) is 0 Å². The molecule has 0 fully saturated rings. The van der Waals surface area contributed by atoms with Crippen LogP contribution in [-0.2, 0) is 29.3 Å². The minimum atomic E-state index is -3.19. The molecule has 0 aliphatic carbocycles. The van der Waals surface area contributed by atoms with Gasteiger partial charge in [-0.05, 0) is 30.5 Å². The van der Waals surface area contributed by atoms with Crippen LogP contribution in [0.15, 0.2) is 34.3 Å². The summed E-state index contributed by atoms with van der Waals surface area (Å²) in [4.78, 5) is 10.2. The number of thiazole rings is 1. The van der Waals surface area contributed by atoms with Gasteiger partial charge in [-0.1, -0.05) is 19.1 Å². The van der Waals surface area contributed by atoms with E-state index in [1.54, 1.807) is 31.4 Å². The molecule has 136 valence electrons. The Balaban J connectivity index is 1.93. The molecule has 0 unspecified atom stereocenters. The quantitative estimate of drug-likeness (QED) is 0.593. The highest BCUT2D eigenvalue weighted by Gasteiger charge is 2.11. The van der Waals surface area contributed by atoms with E-state index < -0.39 is 9.84 Å². The van der Waals surface area contributed by atoms with Gasteiger partial charge in [-0.2, -0.15) is 0 Å². The molecule has 2 N–H and O–H groups in total. The molecule has 1 aromatic heterocycles. The van der Waals surface area contributed by atoms with Crippen molar-refractivity contribution in [3.63, 3.8) is 0 Å². The molecule has 2 aromatic rings. The highest BCUT2D eigenvalue weighted by molar-refractivity contribution is 7.90. The van der Waals surface area contributed by atoms with Crippen molar-refractivity contribution < 1.29 is 8.42 Å². The number of sulfone groups is 1. The van der Waals surface area contributed by atoms with Crippen molar-refractivity contribution in [3.05, 3.63) is 45.4 Å². The Morgan fingerprint density at radius 3 is 2.56 bits per heavy atom. The number of hydrogen-bond acceptors (Lipinski definition) is 5. The molecule has 0 saturated carbocycles. The Morgan fingerprint density at radius 1 is 1.28 bits per heavy atom. The minimum absolute atomic E-state index is 0.370. The molecule has 0 radical (unpaired) electrons. The topological polar surface area (TPSA) is 83.4 Å². The van der Waals surface area contributed by atoms with Crippen molar-refractivity contribution in [1.29, 1.82) is 0 Å². The van der Waals surface area contributed by atoms with Crippen LogP contribution < -0.4 is 10.6 Å². The van der Waals surface area contributed by atoms with E-state index in [1.807, 2.05) is 18.3 Å². The number of nitrogens with zero attached hydrogens (tertiary/aromatic N) is 2. The van der Waals surface area contributed by atoms with Gasteiger partial charge in [0.05, 0.1) is 11.4 Å². The molecule has 0 saturated heterocycles. The number of aliphatic imine (C=N–C) groups is 1. The van der Waals surface area contributed by atoms with Crippen molar-refractivity contribution in [2.45, 2.75) is 38.3 Å². The second-order valence-electron chi connectivity index (χ2n) is 5.73. The summed E-state index contributed by atoms with van der Waals surface area (Å²) in [6.45, 7) is 5.10. The van der Waals surface area contributed by atoms with Gasteiger partial charge in [0.25, 0.3) is 0 Å². The maximum absolute atomic E-state index is 11.7. The van der Waals surface area contributed by atoms with Gasteiger partial charge in [0.2, 0.25) is 0 Å². The number of rotatable bonds is 6. The van der Waals surface area contributed by atoms with E-state index in [4.69, 9.17) is 0 Å². The van der Waals surface area contributed by atoms with E-state index in [-0.39, 0.29) is 0 Å². The summed E-state index contributed by atoms with van der Waals surface area (Å²) in [6, 6.07) is 5.35. The van der Waals surface area contributed by atoms with Gasteiger partial charge in [0.15, 0.2) is 15.8 Å². The van der Waals surface area contributed by atoms with Crippen molar-refractivity contribution >= 4 is 27.1 Å². The standard InChI is InChI=1S/C17H24N4O2S2/c1-5-14-10-19-16(24-14)11-21-17(18-3)20-9-13-6-7-15(12(2)8-13)25(4,22)23/h6-8,10H,5,9,11H2,1-4H3,(H2,18,20,21). The smallest absolute Gasteiger partial charge is 0.191 e. The van der Waals surface area contributed by atoms with E-state index >= 15 is 0 Å². The molecular weight excluding hydrogens is 356 g/mol. The summed E-state index contributed by atoms with van der Waals surface area (Å²) in [5, 5.41) is 7.48. The van der Waals surface area contributed by atoms with E-state index in [0.717, 1.165) is 22.6 Å². The highest BCUT2D eigenvalue weighted by atomic mass is 32.2. The number of guanidine groups is 1. The van der Waals surface area contributed by atoms with Crippen molar-refractivity contribution in [1.82, 2.24) is 15.6 Å². The number of benzene rings is 1. The fourth-order valence-electron chi connectivity index (χ4n) is 2.40. The van der Waals surface area contributed by atoms with Gasteiger partial charge < -0.3 is 10.6 Å². The Kier molecular flexibility index (Phi) is 6.55. The fraction of sp³-hybridized carbons (Fsp3) is 0.412. The van der Waals surface area contributed by atoms with Crippen LogP contribution in [0.3, 0.4) is 0 Å². The molecule has 6 nitrogen and oxygen atoms in total. The van der Waals surface area contributed by atoms with E-state index in [9.17, 15) is 8.42 Å². The van der Waals surface area contributed by atoms with Gasteiger partial charge in [-0.3, -0.25) is 4.99 Å². The Bertz CT molecular complexity index is 857. The van der Waals surface area contributed by atoms with Gasteiger partial charge in [0, 0.05) is 30.9 Å². The largest absolute Gasteiger partial charge is 0.352 e. The summed E-state index contributed by atoms with van der Waals surface area (Å²) < 4.78 is 23.3. The molecular formula is C17H24N4O2S2. The minimum Gasteiger partial charge on any atom is -0.352 e. The molecule has 0 aliphatic heterocycles. The third kappa shape index (κ3) is 5.54. The second-order valence-corrected chi connectivity index (χ2v) is 8.91. The van der Waals surface area contributed by atoms with E-state index in [2.05, 4.69) is 27.5 Å². The monoisotopic (exact) mass is 380 g/mol. The van der Waals surface area contributed by atoms with Gasteiger partial charge >= 0.3 is 0 Å². The first-order chi connectivity index (χ1) is 11.8. The first-order valence-electron chi connectivity index (χ1n) is 8.01. The van der Waals surface area contributed by atoms with Gasteiger partial charge in [-0.15, -0.1) is 11.3 Å². The molecule has 0 bridgehead atoms. The summed E-state index contributed by atoms with van der Waals surface area (Å²) in [6.07, 6.45) is 4.12. The Morgan fingerprint density at radius 2 is 2.00 bits per heavy atom. The molecule has 0 atom stereocenters. The SMILES string of the molecule is CCc1cnc(CNC(=NC)NCc2ccc(S(C)(=O)=O)c(C)c2)s1. The lowest BCUT2D eigenvalue weighted by Crippen LogP contribution is -2.36. The summed E-state index contributed by atoms with van der Waals surface area (Å²) in [5.74, 6) is 0.679. The molecule has 25 heavy (non-hydrogen) atoms. The molecule has 8 heteroatoms. The Hall–Kier alpha value is -1.93. The molecule has 0 amide bonds. The van der Waals surface area contributed by atoms with E-state index in [1.165, 1.54) is 11.1 Å². The number of aryl methyl sites for hydroxylation is 2. The van der Waals surface area contributed by atoms with Crippen LogP contribution in [-0.4, -0.2) is 32.7 Å². The predicted octanol–water partition coefficient (Wildman–Crippen LogP) is 2.28. The van der Waals surface area contributed by atoms with Gasteiger partial charge in [0.1, 0.15) is 5.01 Å². The molecule has 2 rings (SSSR count). The zero-order valence-corrected chi connectivity index (χ0v) is 16.6. The third-order valence-electron chi connectivity index (χ3n) is 3.68. The Labute approximate surface area is 153 Å². The first kappa shape index (κ1) is 19.4. The molecule has 1 heterocycles. The van der Waals surface area contributed by atoms with Crippen LogP contribution in [0, 0.1) is 6.92 Å². The molecule has 1 aromatic carbocycles. The second kappa shape index (κ2) is 8.44. The normalized spacial score (nSPS) is 12.2. The van der Waals surface area contributed by atoms with Crippen LogP contribution >= 0.6 is 11.3 Å². The summed E-state index contributed by atoms with van der Waals surface area (Å²) in [7, 11) is -1.47. The van der Waals surface area contributed by atoms with Crippen LogP contribution in [0.2, 0.25) is 0 Å². The lowest BCUT2D eigenvalue weighted by Gasteiger charge is -2.12. The number of aromatic nitrogens is 1. The third-order valence-corrected chi connectivity index (χ3v) is 6.08. The zero-order chi connectivity index (χ0) is 18.4. The van der Waals surface area contributed by atoms with Gasteiger partial charge in [-0.25, -0.2) is 13.4 Å². The van der Waals surface area contributed by atoms with Crippen LogP contribution in [0.25, 0.3) is 0 Å². The maximum atomic E-state index is 11.7. The van der Waals surface area contributed by atoms with E-state index in [0.29, 0.717) is 23.9 Å². The molecule has 0 spiro atoms. The number of hydrogen-bond donors (Lipinski definition) is 2. The van der Waals surface area contributed by atoms with Crippen LogP contribution in [0.4, 0.5) is 0 Å². The highest BCUT2D eigenvalue weighted by Crippen LogP contribution is 2.16. The predicted molar refractivity (Wildman–Crippen MR) is 103 cm³/mol.